The fourth-order valence-corrected chi connectivity index (χ4v) is 6.65. The van der Waals surface area contributed by atoms with Crippen molar-refractivity contribution in [2.45, 2.75) is 246 Å². The molecule has 0 heteroatoms. The van der Waals surface area contributed by atoms with Gasteiger partial charge in [0.05, 0.1) is 0 Å². The van der Waals surface area contributed by atoms with Gasteiger partial charge in [-0.1, -0.05) is 246 Å². The van der Waals surface area contributed by atoms with Gasteiger partial charge in [-0.3, -0.25) is 0 Å². The lowest BCUT2D eigenvalue weighted by Gasteiger charge is -2.14. The van der Waals surface area contributed by atoms with Crippen LogP contribution in [0, 0.1) is 11.8 Å². The van der Waals surface area contributed by atoms with Crippen molar-refractivity contribution in [2.24, 2.45) is 11.8 Å². The first-order valence-corrected chi connectivity index (χ1v) is 19.7. The van der Waals surface area contributed by atoms with Crippen LogP contribution in [-0.2, 0) is 0 Å². The van der Waals surface area contributed by atoms with Gasteiger partial charge in [0.25, 0.3) is 0 Å². The number of unbranched alkanes of at least 4 members (excludes halogenated alkanes) is 27. The predicted molar refractivity (Wildman–Crippen MR) is 187 cm³/mol. The largest absolute Gasteiger partial charge is 0.0654 e. The lowest BCUT2D eigenvalue weighted by Crippen LogP contribution is -1.99. The van der Waals surface area contributed by atoms with E-state index < -0.39 is 0 Å². The van der Waals surface area contributed by atoms with Crippen molar-refractivity contribution >= 4 is 0 Å². The molecule has 0 aromatic carbocycles. The molecular formula is C40H82. The molecule has 2 atom stereocenters. The second-order valence-electron chi connectivity index (χ2n) is 14.3. The van der Waals surface area contributed by atoms with Gasteiger partial charge in [0, 0.05) is 0 Å². The summed E-state index contributed by atoms with van der Waals surface area (Å²) in [5.74, 6) is 1.91. The molecule has 0 bridgehead atoms. The minimum atomic E-state index is 0.954. The van der Waals surface area contributed by atoms with E-state index in [2.05, 4.69) is 27.7 Å². The fourth-order valence-electron chi connectivity index (χ4n) is 6.65. The average molecular weight is 563 g/mol. The van der Waals surface area contributed by atoms with Gasteiger partial charge in [0.1, 0.15) is 0 Å². The maximum Gasteiger partial charge on any atom is -0.0443 e. The highest BCUT2D eigenvalue weighted by atomic mass is 14.1. The Bertz CT molecular complexity index is 426. The third kappa shape index (κ3) is 34.2. The molecule has 0 aliphatic heterocycles. The molecule has 0 nitrogen and oxygen atoms in total. The highest BCUT2D eigenvalue weighted by molar-refractivity contribution is 4.60. The summed E-state index contributed by atoms with van der Waals surface area (Å²) in [6.45, 7) is 9.65. The van der Waals surface area contributed by atoms with Crippen LogP contribution in [0.2, 0.25) is 0 Å². The molecule has 0 aromatic rings. The normalized spacial score (nSPS) is 13.2. The Morgan fingerprint density at radius 2 is 0.400 bits per heavy atom. The van der Waals surface area contributed by atoms with E-state index in [9.17, 15) is 0 Å². The van der Waals surface area contributed by atoms with E-state index in [0.29, 0.717) is 0 Å². The highest BCUT2D eigenvalue weighted by Crippen LogP contribution is 2.22. The summed E-state index contributed by atoms with van der Waals surface area (Å²) < 4.78 is 0. The topological polar surface area (TPSA) is 0 Å². The number of hydrogen-bond acceptors (Lipinski definition) is 0. The zero-order chi connectivity index (χ0) is 29.2. The lowest BCUT2D eigenvalue weighted by atomic mass is 9.92. The highest BCUT2D eigenvalue weighted by Gasteiger charge is 2.06. The molecule has 0 N–H and O–H groups in total. The van der Waals surface area contributed by atoms with Gasteiger partial charge in [-0.25, -0.2) is 0 Å². The van der Waals surface area contributed by atoms with E-state index in [0.717, 1.165) is 11.8 Å². The van der Waals surface area contributed by atoms with Crippen molar-refractivity contribution in [1.29, 1.82) is 0 Å². The molecule has 0 saturated heterocycles. The van der Waals surface area contributed by atoms with Gasteiger partial charge in [0.2, 0.25) is 0 Å². The van der Waals surface area contributed by atoms with Crippen LogP contribution in [0.1, 0.15) is 246 Å². The maximum absolute atomic E-state index is 2.52. The number of rotatable bonds is 35. The molecule has 0 radical (unpaired) electrons. The zero-order valence-electron chi connectivity index (χ0n) is 29.2. The van der Waals surface area contributed by atoms with Crippen molar-refractivity contribution in [3.8, 4) is 0 Å². The molecule has 242 valence electrons. The van der Waals surface area contributed by atoms with Gasteiger partial charge in [0.15, 0.2) is 0 Å². The molecule has 0 saturated carbocycles. The van der Waals surface area contributed by atoms with Crippen LogP contribution in [0.4, 0.5) is 0 Å². The van der Waals surface area contributed by atoms with E-state index in [1.807, 2.05) is 0 Å². The van der Waals surface area contributed by atoms with Crippen LogP contribution in [-0.4, -0.2) is 0 Å². The summed E-state index contributed by atoms with van der Waals surface area (Å²) in [6, 6.07) is 0. The van der Waals surface area contributed by atoms with Gasteiger partial charge in [-0.15, -0.1) is 0 Å². The summed E-state index contributed by atoms with van der Waals surface area (Å²) in [6.07, 6.45) is 50.1. The van der Waals surface area contributed by atoms with Crippen molar-refractivity contribution in [3.05, 3.63) is 0 Å². The van der Waals surface area contributed by atoms with Crippen LogP contribution in [0.15, 0.2) is 0 Å². The molecule has 40 heavy (non-hydrogen) atoms. The molecule has 0 aromatic heterocycles. The van der Waals surface area contributed by atoms with E-state index in [1.165, 1.54) is 218 Å². The molecule has 0 rings (SSSR count). The quantitative estimate of drug-likeness (QED) is 0.0674. The van der Waals surface area contributed by atoms with Crippen LogP contribution in [0.25, 0.3) is 0 Å². The van der Waals surface area contributed by atoms with E-state index in [-0.39, 0.29) is 0 Å². The van der Waals surface area contributed by atoms with Crippen LogP contribution in [0.5, 0.6) is 0 Å². The number of hydrogen-bond donors (Lipinski definition) is 0. The third-order valence-corrected chi connectivity index (χ3v) is 9.74. The Morgan fingerprint density at radius 3 is 0.625 bits per heavy atom. The first kappa shape index (κ1) is 40.0. The van der Waals surface area contributed by atoms with Crippen molar-refractivity contribution < 1.29 is 0 Å². The Balaban J connectivity index is 3.25. The van der Waals surface area contributed by atoms with Crippen molar-refractivity contribution in [3.63, 3.8) is 0 Å². The van der Waals surface area contributed by atoms with Crippen LogP contribution in [0.3, 0.4) is 0 Å². The average Bonchev–Trinajstić information content (AvgIpc) is 2.95. The SMILES string of the molecule is CCCCCCCCCCCCCCCCCC(C)CCCC(C)CCCCCCCCCCCCCCCC. The van der Waals surface area contributed by atoms with Crippen molar-refractivity contribution in [2.75, 3.05) is 0 Å². The first-order chi connectivity index (χ1) is 19.7. The van der Waals surface area contributed by atoms with Gasteiger partial charge in [-0.05, 0) is 11.8 Å². The molecule has 0 aliphatic carbocycles. The fraction of sp³-hybridized carbons (Fsp3) is 1.00. The summed E-state index contributed by atoms with van der Waals surface area (Å²) in [7, 11) is 0. The monoisotopic (exact) mass is 563 g/mol. The second kappa shape index (κ2) is 35.2. The molecule has 2 unspecified atom stereocenters. The molecule has 0 fully saturated rings. The summed E-state index contributed by atoms with van der Waals surface area (Å²) in [4.78, 5) is 0. The van der Waals surface area contributed by atoms with Gasteiger partial charge < -0.3 is 0 Å². The molecule has 0 heterocycles. The minimum Gasteiger partial charge on any atom is -0.0654 e. The lowest BCUT2D eigenvalue weighted by molar-refractivity contribution is 0.390. The molecule has 0 amide bonds. The van der Waals surface area contributed by atoms with E-state index in [1.54, 1.807) is 0 Å². The summed E-state index contributed by atoms with van der Waals surface area (Å²) >= 11 is 0. The predicted octanol–water partition coefficient (Wildman–Crippen LogP) is 15.6. The van der Waals surface area contributed by atoms with Crippen molar-refractivity contribution in [1.82, 2.24) is 0 Å². The smallest absolute Gasteiger partial charge is 0.0443 e. The first-order valence-electron chi connectivity index (χ1n) is 19.7. The maximum atomic E-state index is 2.52. The minimum absolute atomic E-state index is 0.954. The molecule has 0 aliphatic rings. The standard InChI is InChI=1S/C40H82/c1-5-7-9-11-13-15-17-19-21-23-25-27-29-31-33-36-40(4)38-34-37-39(3)35-32-30-28-26-24-22-20-18-16-14-12-10-8-6-2/h39-40H,5-38H2,1-4H3. The van der Waals surface area contributed by atoms with Gasteiger partial charge >= 0.3 is 0 Å². The Hall–Kier alpha value is 0. The Morgan fingerprint density at radius 1 is 0.225 bits per heavy atom. The second-order valence-corrected chi connectivity index (χ2v) is 14.3. The van der Waals surface area contributed by atoms with E-state index in [4.69, 9.17) is 0 Å². The van der Waals surface area contributed by atoms with Gasteiger partial charge in [-0.2, -0.15) is 0 Å². The third-order valence-electron chi connectivity index (χ3n) is 9.74. The summed E-state index contributed by atoms with van der Waals surface area (Å²) in [5, 5.41) is 0. The van der Waals surface area contributed by atoms with E-state index >= 15 is 0 Å². The Kier molecular flexibility index (Phi) is 35.2. The molecule has 0 spiro atoms. The zero-order valence-corrected chi connectivity index (χ0v) is 29.2. The van der Waals surface area contributed by atoms with Crippen LogP contribution >= 0.6 is 0 Å². The molecular weight excluding hydrogens is 480 g/mol. The Labute approximate surface area is 257 Å². The summed E-state index contributed by atoms with van der Waals surface area (Å²) in [5.41, 5.74) is 0. The van der Waals surface area contributed by atoms with Crippen LogP contribution < -0.4 is 0 Å².